The molecule has 1 atom stereocenters. The molecule has 0 fully saturated rings. The molecule has 1 unspecified atom stereocenters. The summed E-state index contributed by atoms with van der Waals surface area (Å²) in [6, 6.07) is 0.529. The number of hydrogen-bond acceptors (Lipinski definition) is 4. The van der Waals surface area contributed by atoms with Gasteiger partial charge >= 0.3 is 0 Å². The maximum absolute atomic E-state index is 8.88. The van der Waals surface area contributed by atoms with Gasteiger partial charge in [0.05, 0.1) is 10.7 Å². The molecule has 0 radical (unpaired) electrons. The van der Waals surface area contributed by atoms with Gasteiger partial charge in [0.15, 0.2) is 0 Å². The molecule has 1 aromatic heterocycles. The minimum absolute atomic E-state index is 0.283. The fourth-order valence-electron chi connectivity index (χ4n) is 2.42. The van der Waals surface area contributed by atoms with Crippen molar-refractivity contribution in [2.75, 3.05) is 20.2 Å². The van der Waals surface area contributed by atoms with E-state index in [9.17, 15) is 0 Å². The molecule has 0 saturated carbocycles. The SMILES string of the molecule is Cc1nc2c(s1)C(N(C)CCCO)CCC2. The van der Waals surface area contributed by atoms with E-state index < -0.39 is 0 Å². The fraction of sp³-hybridized carbons (Fsp3) is 0.750. The number of thiazole rings is 1. The van der Waals surface area contributed by atoms with Crippen molar-refractivity contribution in [3.8, 4) is 0 Å². The van der Waals surface area contributed by atoms with E-state index in [0.717, 1.165) is 19.4 Å². The third-order valence-corrected chi connectivity index (χ3v) is 4.34. The Bertz CT molecular complexity index is 351. The Balaban J connectivity index is 2.11. The van der Waals surface area contributed by atoms with Crippen LogP contribution in [0.15, 0.2) is 0 Å². The zero-order valence-electron chi connectivity index (χ0n) is 10.1. The number of aromatic nitrogens is 1. The first-order valence-corrected chi connectivity index (χ1v) is 6.81. The molecule has 1 aromatic rings. The van der Waals surface area contributed by atoms with Crippen LogP contribution in [0.1, 0.15) is 40.9 Å². The average Bonchev–Trinajstić information content (AvgIpc) is 2.65. The van der Waals surface area contributed by atoms with Crippen LogP contribution in [0.3, 0.4) is 0 Å². The summed E-state index contributed by atoms with van der Waals surface area (Å²) in [5.74, 6) is 0. The van der Waals surface area contributed by atoms with Gasteiger partial charge in [-0.3, -0.25) is 4.90 Å². The maximum Gasteiger partial charge on any atom is 0.0900 e. The van der Waals surface area contributed by atoms with E-state index in [2.05, 4.69) is 23.9 Å². The minimum Gasteiger partial charge on any atom is -0.396 e. The van der Waals surface area contributed by atoms with Crippen LogP contribution in [0.2, 0.25) is 0 Å². The molecule has 16 heavy (non-hydrogen) atoms. The Kier molecular flexibility index (Phi) is 3.95. The van der Waals surface area contributed by atoms with E-state index in [-0.39, 0.29) is 6.61 Å². The van der Waals surface area contributed by atoms with Crippen LogP contribution < -0.4 is 0 Å². The lowest BCUT2D eigenvalue weighted by Crippen LogP contribution is -2.28. The summed E-state index contributed by atoms with van der Waals surface area (Å²) in [5, 5.41) is 10.1. The molecular formula is C12H20N2OS. The second kappa shape index (κ2) is 5.25. The van der Waals surface area contributed by atoms with Crippen LogP contribution in [-0.4, -0.2) is 35.2 Å². The average molecular weight is 240 g/mol. The molecule has 4 heteroatoms. The van der Waals surface area contributed by atoms with E-state index in [0.29, 0.717) is 6.04 Å². The Hall–Kier alpha value is -0.450. The van der Waals surface area contributed by atoms with Crippen LogP contribution in [0.4, 0.5) is 0 Å². The van der Waals surface area contributed by atoms with Crippen molar-refractivity contribution in [2.24, 2.45) is 0 Å². The van der Waals surface area contributed by atoms with Crippen molar-refractivity contribution < 1.29 is 5.11 Å². The molecule has 1 N–H and O–H groups in total. The van der Waals surface area contributed by atoms with Crippen molar-refractivity contribution in [2.45, 2.75) is 38.6 Å². The topological polar surface area (TPSA) is 36.4 Å². The standard InChI is InChI=1S/C12H20N2OS/c1-9-13-10-5-3-6-11(12(10)16-9)14(2)7-4-8-15/h11,15H,3-8H2,1-2H3. The number of hydrogen-bond donors (Lipinski definition) is 1. The van der Waals surface area contributed by atoms with Crippen LogP contribution in [-0.2, 0) is 6.42 Å². The summed E-state index contributed by atoms with van der Waals surface area (Å²) in [5.41, 5.74) is 1.31. The predicted molar refractivity (Wildman–Crippen MR) is 66.9 cm³/mol. The van der Waals surface area contributed by atoms with E-state index in [1.165, 1.54) is 28.4 Å². The number of aliphatic hydroxyl groups excluding tert-OH is 1. The normalized spacial score (nSPS) is 20.1. The minimum atomic E-state index is 0.283. The first-order chi connectivity index (χ1) is 7.72. The molecule has 1 heterocycles. The van der Waals surface area contributed by atoms with Gasteiger partial charge in [-0.05, 0) is 39.7 Å². The van der Waals surface area contributed by atoms with Crippen molar-refractivity contribution >= 4 is 11.3 Å². The molecule has 90 valence electrons. The number of aliphatic hydroxyl groups is 1. The Morgan fingerprint density at radius 1 is 1.56 bits per heavy atom. The molecule has 0 spiro atoms. The van der Waals surface area contributed by atoms with Crippen LogP contribution in [0.25, 0.3) is 0 Å². The van der Waals surface area contributed by atoms with Crippen molar-refractivity contribution in [3.05, 3.63) is 15.6 Å². The molecule has 2 rings (SSSR count). The zero-order chi connectivity index (χ0) is 11.5. The van der Waals surface area contributed by atoms with Crippen molar-refractivity contribution in [1.82, 2.24) is 9.88 Å². The predicted octanol–water partition coefficient (Wildman–Crippen LogP) is 2.14. The number of fused-ring (bicyclic) bond motifs is 1. The van der Waals surface area contributed by atoms with Gasteiger partial charge in [-0.15, -0.1) is 11.3 Å². The zero-order valence-corrected chi connectivity index (χ0v) is 10.9. The highest BCUT2D eigenvalue weighted by molar-refractivity contribution is 7.11. The lowest BCUT2D eigenvalue weighted by atomic mass is 9.97. The van der Waals surface area contributed by atoms with Gasteiger partial charge in [-0.1, -0.05) is 0 Å². The van der Waals surface area contributed by atoms with E-state index in [1.54, 1.807) is 0 Å². The van der Waals surface area contributed by atoms with Crippen molar-refractivity contribution in [3.63, 3.8) is 0 Å². The molecule has 0 aromatic carbocycles. The Labute approximate surface area is 101 Å². The third-order valence-electron chi connectivity index (χ3n) is 3.23. The molecular weight excluding hydrogens is 220 g/mol. The van der Waals surface area contributed by atoms with Gasteiger partial charge < -0.3 is 5.11 Å². The number of aryl methyl sites for hydroxylation is 2. The first-order valence-electron chi connectivity index (χ1n) is 5.99. The molecule has 0 saturated heterocycles. The van der Waals surface area contributed by atoms with Gasteiger partial charge in [0.25, 0.3) is 0 Å². The first kappa shape index (κ1) is 12.0. The molecule has 0 aliphatic heterocycles. The highest BCUT2D eigenvalue weighted by Gasteiger charge is 2.26. The monoisotopic (exact) mass is 240 g/mol. The molecule has 0 bridgehead atoms. The van der Waals surface area contributed by atoms with Gasteiger partial charge in [0.2, 0.25) is 0 Å². The highest BCUT2D eigenvalue weighted by atomic mass is 32.1. The van der Waals surface area contributed by atoms with Crippen molar-refractivity contribution in [1.29, 1.82) is 0 Å². The summed E-state index contributed by atoms with van der Waals surface area (Å²) in [6.07, 6.45) is 4.48. The van der Waals surface area contributed by atoms with Crippen LogP contribution in [0, 0.1) is 6.92 Å². The summed E-state index contributed by atoms with van der Waals surface area (Å²) >= 11 is 1.84. The molecule has 0 amide bonds. The van der Waals surface area contributed by atoms with Gasteiger partial charge in [0.1, 0.15) is 0 Å². The van der Waals surface area contributed by atoms with E-state index in [1.807, 2.05) is 11.3 Å². The second-order valence-corrected chi connectivity index (χ2v) is 5.74. The summed E-state index contributed by atoms with van der Waals surface area (Å²) < 4.78 is 0. The quantitative estimate of drug-likeness (QED) is 0.876. The van der Waals surface area contributed by atoms with Gasteiger partial charge in [0, 0.05) is 24.1 Å². The fourth-order valence-corrected chi connectivity index (χ4v) is 3.59. The summed E-state index contributed by atoms with van der Waals surface area (Å²) in [6.45, 7) is 3.34. The molecule has 3 nitrogen and oxygen atoms in total. The van der Waals surface area contributed by atoms with Gasteiger partial charge in [-0.25, -0.2) is 4.98 Å². The smallest absolute Gasteiger partial charge is 0.0900 e. The van der Waals surface area contributed by atoms with Crippen LogP contribution in [0.5, 0.6) is 0 Å². The van der Waals surface area contributed by atoms with Gasteiger partial charge in [-0.2, -0.15) is 0 Å². The van der Waals surface area contributed by atoms with E-state index >= 15 is 0 Å². The largest absolute Gasteiger partial charge is 0.396 e. The third kappa shape index (κ3) is 2.44. The molecule has 1 aliphatic carbocycles. The lowest BCUT2D eigenvalue weighted by molar-refractivity contribution is 0.195. The lowest BCUT2D eigenvalue weighted by Gasteiger charge is -2.30. The number of nitrogens with zero attached hydrogens (tertiary/aromatic N) is 2. The number of rotatable bonds is 4. The Morgan fingerprint density at radius 2 is 2.38 bits per heavy atom. The Morgan fingerprint density at radius 3 is 3.12 bits per heavy atom. The highest BCUT2D eigenvalue weighted by Crippen LogP contribution is 2.37. The van der Waals surface area contributed by atoms with Crippen LogP contribution >= 0.6 is 11.3 Å². The summed E-state index contributed by atoms with van der Waals surface area (Å²) in [7, 11) is 2.16. The molecule has 1 aliphatic rings. The summed E-state index contributed by atoms with van der Waals surface area (Å²) in [4.78, 5) is 8.44. The van der Waals surface area contributed by atoms with E-state index in [4.69, 9.17) is 5.11 Å². The maximum atomic E-state index is 8.88. The second-order valence-electron chi connectivity index (χ2n) is 4.51.